The van der Waals surface area contributed by atoms with E-state index in [0.29, 0.717) is 0 Å². The van der Waals surface area contributed by atoms with E-state index in [-0.39, 0.29) is 11.6 Å². The van der Waals surface area contributed by atoms with Crippen molar-refractivity contribution in [3.8, 4) is 5.75 Å². The topological polar surface area (TPSA) is 79.1 Å². The molecular weight excluding hydrogens is 196 g/mol. The predicted molar refractivity (Wildman–Crippen MR) is 54.2 cm³/mol. The third-order valence-corrected chi connectivity index (χ3v) is 1.77. The molecule has 0 spiro atoms. The molecule has 0 saturated heterocycles. The van der Waals surface area contributed by atoms with Crippen LogP contribution < -0.4 is 5.76 Å². The van der Waals surface area contributed by atoms with E-state index in [2.05, 4.69) is 14.6 Å². The summed E-state index contributed by atoms with van der Waals surface area (Å²) in [5.41, 5.74) is 0.874. The lowest BCUT2D eigenvalue weighted by molar-refractivity contribution is 0.475. The predicted octanol–water partition coefficient (Wildman–Crippen LogP) is 1.24. The molecule has 0 saturated carbocycles. The molecule has 2 rings (SSSR count). The average molecular weight is 204 g/mol. The number of hydrogen-bond donors (Lipinski definition) is 2. The molecule has 0 fully saturated rings. The Morgan fingerprint density at radius 2 is 2.00 bits per heavy atom. The van der Waals surface area contributed by atoms with Crippen LogP contribution in [0.2, 0.25) is 0 Å². The van der Waals surface area contributed by atoms with Gasteiger partial charge in [0.2, 0.25) is 5.89 Å². The molecule has 0 atom stereocenters. The van der Waals surface area contributed by atoms with Crippen LogP contribution in [-0.4, -0.2) is 15.3 Å². The molecule has 0 aliphatic carbocycles. The van der Waals surface area contributed by atoms with E-state index >= 15 is 0 Å². The van der Waals surface area contributed by atoms with Gasteiger partial charge in [0.25, 0.3) is 0 Å². The van der Waals surface area contributed by atoms with Gasteiger partial charge < -0.3 is 9.52 Å². The number of phenolic OH excluding ortho intramolecular Hbond substituents is 1. The number of hydrogen-bond acceptors (Lipinski definition) is 4. The van der Waals surface area contributed by atoms with Crippen LogP contribution in [0.5, 0.6) is 5.75 Å². The molecule has 0 radical (unpaired) electrons. The number of rotatable bonds is 2. The zero-order chi connectivity index (χ0) is 10.7. The van der Waals surface area contributed by atoms with Gasteiger partial charge in [0, 0.05) is 6.08 Å². The fourth-order valence-electron chi connectivity index (χ4n) is 1.07. The Hall–Kier alpha value is -2.30. The number of benzene rings is 1. The SMILES string of the molecule is O=c1[nH]nc(/C=C/c2ccc(O)cc2)o1. The van der Waals surface area contributed by atoms with Gasteiger partial charge in [0.15, 0.2) is 0 Å². The Balaban J connectivity index is 2.18. The second-order valence-corrected chi connectivity index (χ2v) is 2.88. The molecule has 76 valence electrons. The van der Waals surface area contributed by atoms with E-state index < -0.39 is 5.76 Å². The van der Waals surface area contributed by atoms with Gasteiger partial charge in [-0.05, 0) is 23.8 Å². The number of H-pyrrole nitrogens is 1. The van der Waals surface area contributed by atoms with Crippen molar-refractivity contribution in [3.05, 3.63) is 46.3 Å². The summed E-state index contributed by atoms with van der Waals surface area (Å²) in [5.74, 6) is -0.160. The van der Waals surface area contributed by atoms with Crippen LogP contribution in [0, 0.1) is 0 Å². The lowest BCUT2D eigenvalue weighted by Gasteiger charge is -1.92. The minimum Gasteiger partial charge on any atom is -0.508 e. The number of aromatic amines is 1. The molecule has 2 N–H and O–H groups in total. The summed E-state index contributed by atoms with van der Waals surface area (Å²) in [6.45, 7) is 0. The van der Waals surface area contributed by atoms with Gasteiger partial charge in [-0.3, -0.25) is 0 Å². The van der Waals surface area contributed by atoms with E-state index in [1.165, 1.54) is 0 Å². The number of aromatic hydroxyl groups is 1. The fraction of sp³-hybridized carbons (Fsp3) is 0. The summed E-state index contributed by atoms with van der Waals surface area (Å²) >= 11 is 0. The molecule has 2 aromatic rings. The summed E-state index contributed by atoms with van der Waals surface area (Å²) in [7, 11) is 0. The number of phenols is 1. The minimum absolute atomic E-state index is 0.207. The van der Waals surface area contributed by atoms with Crippen LogP contribution in [0.3, 0.4) is 0 Å². The minimum atomic E-state index is -0.583. The van der Waals surface area contributed by atoms with Crippen molar-refractivity contribution in [1.82, 2.24) is 10.2 Å². The van der Waals surface area contributed by atoms with Crippen LogP contribution in [0.25, 0.3) is 12.2 Å². The van der Waals surface area contributed by atoms with E-state index in [4.69, 9.17) is 5.11 Å². The van der Waals surface area contributed by atoms with Gasteiger partial charge >= 0.3 is 5.76 Å². The molecule has 15 heavy (non-hydrogen) atoms. The quantitative estimate of drug-likeness (QED) is 0.771. The molecule has 1 aromatic heterocycles. The largest absolute Gasteiger partial charge is 0.508 e. The molecule has 1 aromatic carbocycles. The molecule has 0 bridgehead atoms. The maximum absolute atomic E-state index is 10.6. The first-order valence-corrected chi connectivity index (χ1v) is 4.27. The zero-order valence-corrected chi connectivity index (χ0v) is 7.68. The highest BCUT2D eigenvalue weighted by molar-refractivity contribution is 5.65. The Labute approximate surface area is 84.7 Å². The molecule has 0 aliphatic rings. The molecule has 1 heterocycles. The van der Waals surface area contributed by atoms with Crippen molar-refractivity contribution < 1.29 is 9.52 Å². The summed E-state index contributed by atoms with van der Waals surface area (Å²) in [6.07, 6.45) is 3.28. The highest BCUT2D eigenvalue weighted by Gasteiger charge is 1.94. The molecule has 5 nitrogen and oxygen atoms in total. The maximum atomic E-state index is 10.6. The summed E-state index contributed by atoms with van der Waals surface area (Å²) in [5, 5.41) is 14.8. The third kappa shape index (κ3) is 2.34. The van der Waals surface area contributed by atoms with Crippen molar-refractivity contribution in [2.24, 2.45) is 0 Å². The smallest absolute Gasteiger partial charge is 0.434 e. The number of nitrogens with zero attached hydrogens (tertiary/aromatic N) is 1. The Bertz CT molecular complexity index is 522. The van der Waals surface area contributed by atoms with Gasteiger partial charge in [-0.15, -0.1) is 5.10 Å². The molecule has 5 heteroatoms. The van der Waals surface area contributed by atoms with E-state index in [1.807, 2.05) is 0 Å². The van der Waals surface area contributed by atoms with Crippen molar-refractivity contribution in [1.29, 1.82) is 0 Å². The van der Waals surface area contributed by atoms with E-state index in [9.17, 15) is 4.79 Å². The highest BCUT2D eigenvalue weighted by Crippen LogP contribution is 2.11. The van der Waals surface area contributed by atoms with Crippen molar-refractivity contribution in [2.75, 3.05) is 0 Å². The second kappa shape index (κ2) is 3.83. The Morgan fingerprint density at radius 1 is 1.27 bits per heavy atom. The molecule has 0 aliphatic heterocycles. The van der Waals surface area contributed by atoms with Crippen LogP contribution in [0.1, 0.15) is 11.5 Å². The van der Waals surface area contributed by atoms with Crippen LogP contribution in [0.4, 0.5) is 0 Å². The van der Waals surface area contributed by atoms with Crippen LogP contribution in [0.15, 0.2) is 33.5 Å². The van der Waals surface area contributed by atoms with Gasteiger partial charge in [0.1, 0.15) is 5.75 Å². The third-order valence-electron chi connectivity index (χ3n) is 1.77. The number of nitrogens with one attached hydrogen (secondary N) is 1. The summed E-state index contributed by atoms with van der Waals surface area (Å²) < 4.78 is 4.67. The van der Waals surface area contributed by atoms with Gasteiger partial charge in [-0.25, -0.2) is 9.89 Å². The highest BCUT2D eigenvalue weighted by atomic mass is 16.4. The summed E-state index contributed by atoms with van der Waals surface area (Å²) in [4.78, 5) is 10.6. The van der Waals surface area contributed by atoms with Crippen molar-refractivity contribution in [2.45, 2.75) is 0 Å². The van der Waals surface area contributed by atoms with E-state index in [0.717, 1.165) is 5.56 Å². The Morgan fingerprint density at radius 3 is 2.60 bits per heavy atom. The normalized spacial score (nSPS) is 10.9. The second-order valence-electron chi connectivity index (χ2n) is 2.88. The first kappa shape index (κ1) is 9.26. The Kier molecular flexibility index (Phi) is 2.37. The summed E-state index contributed by atoms with van der Waals surface area (Å²) in [6, 6.07) is 6.61. The fourth-order valence-corrected chi connectivity index (χ4v) is 1.07. The molecule has 0 unspecified atom stereocenters. The monoisotopic (exact) mass is 204 g/mol. The lowest BCUT2D eigenvalue weighted by Crippen LogP contribution is -1.93. The number of aromatic nitrogens is 2. The van der Waals surface area contributed by atoms with Gasteiger partial charge in [-0.1, -0.05) is 12.1 Å². The first-order chi connectivity index (χ1) is 7.24. The lowest BCUT2D eigenvalue weighted by atomic mass is 10.2. The zero-order valence-electron chi connectivity index (χ0n) is 7.68. The van der Waals surface area contributed by atoms with E-state index in [1.54, 1.807) is 36.4 Å². The maximum Gasteiger partial charge on any atom is 0.434 e. The van der Waals surface area contributed by atoms with Crippen molar-refractivity contribution >= 4 is 12.2 Å². The average Bonchev–Trinajstić information content (AvgIpc) is 2.64. The van der Waals surface area contributed by atoms with Crippen LogP contribution >= 0.6 is 0 Å². The van der Waals surface area contributed by atoms with Crippen molar-refractivity contribution in [3.63, 3.8) is 0 Å². The first-order valence-electron chi connectivity index (χ1n) is 4.27. The van der Waals surface area contributed by atoms with Crippen LogP contribution in [-0.2, 0) is 0 Å². The standard InChI is InChI=1S/C10H8N2O3/c13-8-4-1-7(2-5-8)3-6-9-11-12-10(14)15-9/h1-6,13H,(H,12,14)/b6-3+. The molecular formula is C10H8N2O3. The molecule has 0 amide bonds. The van der Waals surface area contributed by atoms with Gasteiger partial charge in [0.05, 0.1) is 0 Å². The van der Waals surface area contributed by atoms with Gasteiger partial charge in [-0.2, -0.15) is 0 Å².